The molecule has 0 aliphatic carbocycles. The number of hydrogen-bond acceptors (Lipinski definition) is 7. The Labute approximate surface area is 132 Å². The van der Waals surface area contributed by atoms with Crippen LogP contribution in [0, 0.1) is 0 Å². The number of anilines is 2. The first-order valence-electron chi connectivity index (χ1n) is 6.65. The zero-order valence-electron chi connectivity index (χ0n) is 12.9. The molecule has 8 heteroatoms. The molecule has 8 nitrogen and oxygen atoms in total. The lowest BCUT2D eigenvalue weighted by Gasteiger charge is -2.27. The van der Waals surface area contributed by atoms with E-state index in [1.54, 1.807) is 25.2 Å². The molecule has 0 saturated heterocycles. The fourth-order valence-electron chi connectivity index (χ4n) is 1.98. The van der Waals surface area contributed by atoms with Crippen molar-refractivity contribution in [2.24, 2.45) is 0 Å². The first-order chi connectivity index (χ1) is 11.0. The highest BCUT2D eigenvalue weighted by atomic mass is 16.5. The lowest BCUT2D eigenvalue weighted by molar-refractivity contribution is -0.138. The van der Waals surface area contributed by atoms with Crippen molar-refractivity contribution in [2.75, 3.05) is 38.1 Å². The highest BCUT2D eigenvalue weighted by molar-refractivity contribution is 6.01. The van der Waals surface area contributed by atoms with Crippen LogP contribution in [0.4, 0.5) is 11.4 Å². The molecule has 0 atom stereocenters. The summed E-state index contributed by atoms with van der Waals surface area (Å²) >= 11 is 0. The minimum absolute atomic E-state index is 0.115. The number of carbonyl (C=O) groups excluding carboxylic acids is 3. The average Bonchev–Trinajstić information content (AvgIpc) is 2.57. The van der Waals surface area contributed by atoms with Crippen LogP contribution in [0.5, 0.6) is 5.75 Å². The fourth-order valence-corrected chi connectivity index (χ4v) is 1.98. The topological polar surface area (TPSA) is 94.2 Å². The van der Waals surface area contributed by atoms with Crippen molar-refractivity contribution in [1.82, 2.24) is 0 Å². The molecule has 1 aliphatic rings. The Hall–Kier alpha value is -3.03. The molecule has 0 radical (unpaired) electrons. The van der Waals surface area contributed by atoms with Crippen LogP contribution in [0.1, 0.15) is 0 Å². The van der Waals surface area contributed by atoms with Crippen LogP contribution in [0.2, 0.25) is 0 Å². The Morgan fingerprint density at radius 3 is 2.70 bits per heavy atom. The van der Waals surface area contributed by atoms with E-state index in [2.05, 4.69) is 14.8 Å². The highest BCUT2D eigenvalue weighted by Gasteiger charge is 2.25. The van der Waals surface area contributed by atoms with Gasteiger partial charge in [0, 0.05) is 7.05 Å². The number of carbonyl (C=O) groups is 3. The predicted octanol–water partition coefficient (Wildman–Crippen LogP) is 0.684. The number of hydrogen-bond donors (Lipinski definition) is 1. The predicted molar refractivity (Wildman–Crippen MR) is 81.1 cm³/mol. The third kappa shape index (κ3) is 3.42. The number of para-hydroxylation sites is 1. The maximum absolute atomic E-state index is 11.8. The van der Waals surface area contributed by atoms with Gasteiger partial charge in [-0.25, -0.2) is 9.59 Å². The highest BCUT2D eigenvalue weighted by Crippen LogP contribution is 2.38. The maximum Gasteiger partial charge on any atom is 0.354 e. The summed E-state index contributed by atoms with van der Waals surface area (Å²) < 4.78 is 14.6. The van der Waals surface area contributed by atoms with Crippen LogP contribution in [0.25, 0.3) is 0 Å². The molecular weight excluding hydrogens is 304 g/mol. The van der Waals surface area contributed by atoms with E-state index in [4.69, 9.17) is 4.74 Å². The van der Waals surface area contributed by atoms with Crippen molar-refractivity contribution in [3.63, 3.8) is 0 Å². The number of amides is 1. The summed E-state index contributed by atoms with van der Waals surface area (Å²) in [5.41, 5.74) is 0.854. The molecule has 1 amide bonds. The minimum atomic E-state index is -0.742. The number of nitrogens with zero attached hydrogens (tertiary/aromatic N) is 1. The van der Waals surface area contributed by atoms with Gasteiger partial charge in [0.05, 0.1) is 31.7 Å². The number of methoxy groups -OCH3 is 2. The lowest BCUT2D eigenvalue weighted by Crippen LogP contribution is -2.35. The number of benzene rings is 1. The Balaban J connectivity index is 2.38. The number of likely N-dealkylation sites (N-methyl/N-ethyl adjacent to an activating group) is 1. The van der Waals surface area contributed by atoms with Gasteiger partial charge in [0.15, 0.2) is 12.4 Å². The number of rotatable bonds is 4. The largest absolute Gasteiger partial charge is 0.479 e. The number of esters is 2. The average molecular weight is 320 g/mol. The first-order valence-corrected chi connectivity index (χ1v) is 6.65. The Morgan fingerprint density at radius 1 is 1.30 bits per heavy atom. The molecule has 0 aromatic heterocycles. The van der Waals surface area contributed by atoms with Gasteiger partial charge in [0.25, 0.3) is 5.91 Å². The van der Waals surface area contributed by atoms with Crippen molar-refractivity contribution in [1.29, 1.82) is 0 Å². The summed E-state index contributed by atoms with van der Waals surface area (Å²) in [7, 11) is 4.01. The summed E-state index contributed by atoms with van der Waals surface area (Å²) in [5.74, 6) is -1.24. The van der Waals surface area contributed by atoms with Gasteiger partial charge in [-0.2, -0.15) is 0 Å². The molecule has 0 saturated carbocycles. The number of fused-ring (bicyclic) bond motifs is 1. The second-order valence-corrected chi connectivity index (χ2v) is 4.59. The van der Waals surface area contributed by atoms with E-state index in [1.807, 2.05) is 0 Å². The molecule has 122 valence electrons. The van der Waals surface area contributed by atoms with E-state index >= 15 is 0 Å². The quantitative estimate of drug-likeness (QED) is 0.644. The maximum atomic E-state index is 11.8. The summed E-state index contributed by atoms with van der Waals surface area (Å²) in [4.78, 5) is 36.3. The van der Waals surface area contributed by atoms with Crippen molar-refractivity contribution in [3.8, 4) is 5.75 Å². The van der Waals surface area contributed by atoms with E-state index in [0.717, 1.165) is 6.08 Å². The summed E-state index contributed by atoms with van der Waals surface area (Å²) in [6.07, 6.45) is 0.975. The third-order valence-electron chi connectivity index (χ3n) is 3.21. The molecule has 0 unspecified atom stereocenters. The van der Waals surface area contributed by atoms with Gasteiger partial charge >= 0.3 is 11.9 Å². The van der Waals surface area contributed by atoms with Crippen molar-refractivity contribution in [3.05, 3.63) is 30.0 Å². The standard InChI is InChI=1S/C15H16N2O6/c1-17-11-6-4-5-9(14(11)23-8-12(17)18)16-10(15(20)22-3)7-13(19)21-2/h4-7,16H,8H2,1-3H3/b10-7+. The second-order valence-electron chi connectivity index (χ2n) is 4.59. The van der Waals surface area contributed by atoms with Crippen molar-refractivity contribution in [2.45, 2.75) is 0 Å². The van der Waals surface area contributed by atoms with Crippen LogP contribution < -0.4 is 15.0 Å². The van der Waals surface area contributed by atoms with Gasteiger partial charge in [0.1, 0.15) is 5.70 Å². The molecule has 0 spiro atoms. The molecule has 1 aliphatic heterocycles. The molecule has 0 bridgehead atoms. The van der Waals surface area contributed by atoms with Gasteiger partial charge < -0.3 is 24.4 Å². The normalized spacial score (nSPS) is 13.8. The van der Waals surface area contributed by atoms with Crippen molar-refractivity contribution < 1.29 is 28.6 Å². The van der Waals surface area contributed by atoms with Crippen LogP contribution in [0.15, 0.2) is 30.0 Å². The molecule has 1 aromatic carbocycles. The smallest absolute Gasteiger partial charge is 0.354 e. The van der Waals surface area contributed by atoms with Gasteiger partial charge in [-0.15, -0.1) is 0 Å². The molecule has 1 aromatic rings. The zero-order valence-corrected chi connectivity index (χ0v) is 12.9. The Kier molecular flexibility index (Phi) is 4.85. The summed E-state index contributed by atoms with van der Waals surface area (Å²) in [6, 6.07) is 5.04. The van der Waals surface area contributed by atoms with E-state index in [-0.39, 0.29) is 18.2 Å². The van der Waals surface area contributed by atoms with Gasteiger partial charge in [-0.1, -0.05) is 6.07 Å². The summed E-state index contributed by atoms with van der Waals surface area (Å²) in [6.45, 7) is -0.115. The monoisotopic (exact) mass is 320 g/mol. The lowest BCUT2D eigenvalue weighted by atomic mass is 10.2. The van der Waals surface area contributed by atoms with E-state index in [0.29, 0.717) is 17.1 Å². The van der Waals surface area contributed by atoms with E-state index < -0.39 is 11.9 Å². The second kappa shape index (κ2) is 6.82. The third-order valence-corrected chi connectivity index (χ3v) is 3.21. The van der Waals surface area contributed by atoms with Crippen LogP contribution in [0.3, 0.4) is 0 Å². The van der Waals surface area contributed by atoms with Gasteiger partial charge in [-0.3, -0.25) is 4.79 Å². The Morgan fingerprint density at radius 2 is 2.04 bits per heavy atom. The summed E-state index contributed by atoms with van der Waals surface area (Å²) in [5, 5.41) is 2.78. The van der Waals surface area contributed by atoms with Gasteiger partial charge in [0.2, 0.25) is 0 Å². The van der Waals surface area contributed by atoms with Crippen LogP contribution >= 0.6 is 0 Å². The number of nitrogens with one attached hydrogen (secondary N) is 1. The molecule has 0 fully saturated rings. The fraction of sp³-hybridized carbons (Fsp3) is 0.267. The zero-order chi connectivity index (χ0) is 17.0. The first kappa shape index (κ1) is 16.3. The van der Waals surface area contributed by atoms with E-state index in [9.17, 15) is 14.4 Å². The van der Waals surface area contributed by atoms with Gasteiger partial charge in [-0.05, 0) is 12.1 Å². The van der Waals surface area contributed by atoms with Crippen molar-refractivity contribution >= 4 is 29.2 Å². The van der Waals surface area contributed by atoms with Crippen LogP contribution in [-0.2, 0) is 23.9 Å². The number of ether oxygens (including phenoxy) is 3. The molecule has 23 heavy (non-hydrogen) atoms. The van der Waals surface area contributed by atoms with Crippen LogP contribution in [-0.4, -0.2) is 45.7 Å². The molecule has 1 N–H and O–H groups in total. The minimum Gasteiger partial charge on any atom is -0.479 e. The molecular formula is C15H16N2O6. The Bertz CT molecular complexity index is 683. The SMILES string of the molecule is COC(=O)/C=C(/Nc1cccc2c1OCC(=O)N2C)C(=O)OC. The molecule has 1 heterocycles. The molecule has 2 rings (SSSR count). The van der Waals surface area contributed by atoms with E-state index in [1.165, 1.54) is 19.1 Å².